The van der Waals surface area contributed by atoms with Gasteiger partial charge in [-0.2, -0.15) is 22.0 Å². The van der Waals surface area contributed by atoms with E-state index in [4.69, 9.17) is 23.7 Å². The van der Waals surface area contributed by atoms with Gasteiger partial charge in [-0.3, -0.25) is 80.1 Å². The molecule has 33 nitrogen and oxygen atoms in total. The summed E-state index contributed by atoms with van der Waals surface area (Å²) >= 11 is 3.59. The Labute approximate surface area is 738 Å². The largest absolute Gasteiger partial charge is 0.493 e. The van der Waals surface area contributed by atoms with Gasteiger partial charge in [0, 0.05) is 90.7 Å². The molecule has 0 spiro atoms. The van der Waals surface area contributed by atoms with E-state index >= 15 is 0 Å². The van der Waals surface area contributed by atoms with E-state index in [-0.39, 0.29) is 45.3 Å². The van der Waals surface area contributed by atoms with Gasteiger partial charge in [-0.15, -0.1) is 16.4 Å². The number of thiazole rings is 1. The lowest BCUT2D eigenvalue weighted by atomic mass is 9.70. The number of thioether (sulfide) groups is 1. The van der Waals surface area contributed by atoms with E-state index in [0.29, 0.717) is 106 Å². The first-order valence-corrected chi connectivity index (χ1v) is 45.8. The smallest absolute Gasteiger partial charge is 0.271 e. The zero-order valence-corrected chi connectivity index (χ0v) is 73.3. The SMILES string of the molecule is Cc1cnc(NC2COCC(C(C)(C)c3ccc4c(=O)[nH][nH]c4c3)C2)s1.Cn1ccc(NC2COCC(SCc3ccc4c(=O)[nH][nH]c4c3)C2)c1.O=c1[nH][nH]c2cc(CC3COCC(Nc4cc(C5CC5)[nH]n4)C3)ccc12.O=c1[nH][nH]c2cc(CCC3COCC(Nc4ccccn4)C3)ccc12.O=c1[nH][nH]c2cc(OCC3CCCC(Nc4nccnn4)C3)ccc12. The number of aromatic nitrogens is 18. The summed E-state index contributed by atoms with van der Waals surface area (Å²) in [6, 6.07) is 41.1. The third kappa shape index (κ3) is 22.9. The lowest BCUT2D eigenvalue weighted by molar-refractivity contribution is 0.0195. The van der Waals surface area contributed by atoms with Crippen molar-refractivity contribution in [1.29, 1.82) is 0 Å². The maximum atomic E-state index is 11.7. The average Bonchev–Trinajstić information content (AvgIpc) is 1.76. The second kappa shape index (κ2) is 40.6. The molecule has 0 amide bonds. The fourth-order valence-corrected chi connectivity index (χ4v) is 19.6. The van der Waals surface area contributed by atoms with Crippen LogP contribution >= 0.6 is 23.1 Å². The zero-order chi connectivity index (χ0) is 87.2. The fraction of sp³-hybridized carbons (Fsp3) is 0.424. The van der Waals surface area contributed by atoms with Gasteiger partial charge in [0.05, 0.1) is 143 Å². The molecule has 0 radical (unpaired) electrons. The molecule has 4 saturated heterocycles. The molecule has 2 aliphatic carbocycles. The Kier molecular flexibility index (Phi) is 27.7. The summed E-state index contributed by atoms with van der Waals surface area (Å²) in [7, 11) is 2.02. The van der Waals surface area contributed by atoms with Gasteiger partial charge in [-0.25, -0.2) is 15.0 Å². The van der Waals surface area contributed by atoms with Crippen LogP contribution in [0.5, 0.6) is 5.75 Å². The second-order valence-corrected chi connectivity index (χ2v) is 37.5. The zero-order valence-electron chi connectivity index (χ0n) is 71.7. The second-order valence-electron chi connectivity index (χ2n) is 35.0. The summed E-state index contributed by atoms with van der Waals surface area (Å²) in [6.07, 6.45) is 25.2. The molecule has 10 atom stereocenters. The number of aromatic amines is 11. The summed E-state index contributed by atoms with van der Waals surface area (Å²) in [5.74, 6) is 6.59. The molecule has 4 aliphatic heterocycles. The Morgan fingerprint density at radius 2 is 1.12 bits per heavy atom. The molecule has 6 aliphatic rings. The van der Waals surface area contributed by atoms with E-state index < -0.39 is 0 Å². The number of fused-ring (bicyclic) bond motifs is 5. The minimum Gasteiger partial charge on any atom is -0.493 e. The number of aryl methyl sites for hydroxylation is 3. The molecule has 5 aromatic carbocycles. The van der Waals surface area contributed by atoms with E-state index in [1.165, 1.54) is 45.7 Å². The van der Waals surface area contributed by atoms with Crippen molar-refractivity contribution in [3.05, 3.63) is 243 Å². The lowest BCUT2D eigenvalue weighted by Crippen LogP contribution is -2.43. The van der Waals surface area contributed by atoms with Crippen LogP contribution < -0.4 is 59.1 Å². The number of nitrogens with one attached hydrogen (secondary N) is 16. The van der Waals surface area contributed by atoms with Crippen LogP contribution in [0.25, 0.3) is 54.5 Å². The summed E-state index contributed by atoms with van der Waals surface area (Å²) in [5, 5.41) is 65.3. The van der Waals surface area contributed by atoms with Gasteiger partial charge < -0.3 is 54.8 Å². The Morgan fingerprint density at radius 1 is 0.520 bits per heavy atom. The number of benzene rings is 5. The predicted octanol–water partition coefficient (Wildman–Crippen LogP) is 13.4. The van der Waals surface area contributed by atoms with Crippen molar-refractivity contribution in [2.24, 2.45) is 30.7 Å². The minimum absolute atomic E-state index is 0.0642. The van der Waals surface area contributed by atoms with Gasteiger partial charge >= 0.3 is 0 Å². The first-order valence-electron chi connectivity index (χ1n) is 43.9. The van der Waals surface area contributed by atoms with Crippen LogP contribution in [0.2, 0.25) is 0 Å². The topological polar surface area (TPSA) is 448 Å². The van der Waals surface area contributed by atoms with E-state index in [0.717, 1.165) is 172 Å². The average molecular weight is 1760 g/mol. The Bertz CT molecular complexity index is 6260. The molecule has 15 aromatic rings. The van der Waals surface area contributed by atoms with Crippen molar-refractivity contribution < 1.29 is 23.7 Å². The summed E-state index contributed by atoms with van der Waals surface area (Å²) < 4.78 is 31.3. The van der Waals surface area contributed by atoms with E-state index in [9.17, 15) is 24.0 Å². The van der Waals surface area contributed by atoms with Crippen LogP contribution in [0.1, 0.15) is 123 Å². The van der Waals surface area contributed by atoms with Crippen molar-refractivity contribution in [3.8, 4) is 5.75 Å². The van der Waals surface area contributed by atoms with Crippen molar-refractivity contribution in [1.82, 2.24) is 90.9 Å². The molecule has 16 N–H and O–H groups in total. The number of nitrogens with zero attached hydrogens (tertiary/aromatic N) is 7. The van der Waals surface area contributed by atoms with Crippen molar-refractivity contribution in [3.63, 3.8) is 0 Å². The molecular weight excluding hydrogens is 1650 g/mol. The van der Waals surface area contributed by atoms with Gasteiger partial charge in [-0.05, 0) is 214 Å². The Hall–Kier alpha value is -12.3. The molecule has 21 rings (SSSR count). The highest BCUT2D eigenvalue weighted by Crippen LogP contribution is 2.41. The highest BCUT2D eigenvalue weighted by molar-refractivity contribution is 7.99. The van der Waals surface area contributed by atoms with Gasteiger partial charge in [0.2, 0.25) is 5.95 Å². The molecule has 2 saturated carbocycles. The first-order chi connectivity index (χ1) is 61.9. The number of hydrogen-bond acceptors (Lipinski definition) is 23. The molecule has 127 heavy (non-hydrogen) atoms. The maximum absolute atomic E-state index is 11.7. The number of anilines is 5. The Morgan fingerprint density at radius 3 is 1.77 bits per heavy atom. The van der Waals surface area contributed by atoms with Gasteiger partial charge in [-0.1, -0.05) is 50.6 Å². The number of pyridine rings is 1. The van der Waals surface area contributed by atoms with Crippen LogP contribution in [-0.4, -0.2) is 186 Å². The molecule has 0 bridgehead atoms. The minimum atomic E-state index is -0.111. The number of hydrogen-bond donors (Lipinski definition) is 16. The summed E-state index contributed by atoms with van der Waals surface area (Å²) in [6.45, 7) is 13.2. The van der Waals surface area contributed by atoms with E-state index in [1.807, 2.05) is 115 Å². The van der Waals surface area contributed by atoms with E-state index in [1.54, 1.807) is 36.0 Å². The highest BCUT2D eigenvalue weighted by Gasteiger charge is 2.37. The van der Waals surface area contributed by atoms with Gasteiger partial charge in [0.1, 0.15) is 17.4 Å². The quantitative estimate of drug-likeness (QED) is 0.0267. The van der Waals surface area contributed by atoms with Gasteiger partial charge in [0.25, 0.3) is 27.8 Å². The molecule has 10 unspecified atom stereocenters. The molecule has 6 fully saturated rings. The normalized spacial score (nSPS) is 21.3. The third-order valence-electron chi connectivity index (χ3n) is 24.8. The number of rotatable bonds is 24. The predicted molar refractivity (Wildman–Crippen MR) is 498 cm³/mol. The van der Waals surface area contributed by atoms with Crippen LogP contribution in [0.4, 0.5) is 28.4 Å². The van der Waals surface area contributed by atoms with Crippen molar-refractivity contribution in [2.75, 3.05) is 86.0 Å². The maximum Gasteiger partial charge on any atom is 0.271 e. The Balaban J connectivity index is 0.000000112. The summed E-state index contributed by atoms with van der Waals surface area (Å²) in [4.78, 5) is 72.1. The molecule has 10 aromatic heterocycles. The van der Waals surface area contributed by atoms with Crippen LogP contribution in [0.15, 0.2) is 182 Å². The molecule has 35 heteroatoms. The van der Waals surface area contributed by atoms with Crippen LogP contribution in [0, 0.1) is 30.6 Å². The van der Waals surface area contributed by atoms with Crippen molar-refractivity contribution in [2.45, 2.75) is 157 Å². The molecule has 666 valence electrons. The standard InChI is InChI=1S/C19H23N5O2.C19H24N4O2S.C19H22N4O2.C18H22N4O2S.C17H20N6O2/c25-19-15-4-1-11(7-17(15)22-24-19)5-12-6-14(10-26-9-12)20-18-8-16(21-23-18)13-2-3-13;1-11-8-20-18(26-11)21-14-6-13(9-25-10-14)19(2,3)12-4-5-15-16(7-12)22-23-17(15)24;24-19-16-7-6-13(10-17(16)22-23-19)4-5-14-9-15(12-25-11-14)21-18-3-1-2-8-20-18;1-22-5-4-13(8-22)19-14-7-15(10-24-9-14)25-11-12-2-3-16-17(6-12)20-21-18(16)23;24-16-14-5-4-13(9-15(14)21-22-16)25-10-11-2-1-3-12(8-11)20-17-18-6-7-19-23-17/h1,4,7-8,12-14H,2-3,5-6,9-10H2,(H2,20,21,23)(H2,22,24,25);4-5,7-8,13-14H,6,9-10H2,1-3H3,(H,20,21)(H2,22,23,24);1-3,6-8,10,14-15H,4-5,9,11-12H2,(H,20,21)(H2,22,23,24);2-6,8,14-15,19H,7,9-11H2,1H3,(H2,20,21,23);4-7,9,11-12H,1-3,8,10H2,(H,18,20,23)(H2,21,22,24). The molecule has 14 heterocycles. The lowest BCUT2D eigenvalue weighted by Gasteiger charge is -2.40. The van der Waals surface area contributed by atoms with E-state index in [2.05, 4.69) is 176 Å². The fourth-order valence-electron chi connectivity index (χ4n) is 17.7. The number of H-pyrrole nitrogens is 11. The first kappa shape index (κ1) is 86.8. The number of ether oxygens (including phenoxy) is 5. The van der Waals surface area contributed by atoms with Gasteiger partial charge in [0.15, 0.2) is 5.13 Å². The van der Waals surface area contributed by atoms with Crippen LogP contribution in [0.3, 0.4) is 0 Å². The monoisotopic (exact) mass is 1760 g/mol. The third-order valence-corrected chi connectivity index (χ3v) is 27.0. The molecular formula is C92H111N23O10S2. The summed E-state index contributed by atoms with van der Waals surface area (Å²) in [5.41, 5.74) is 11.0. The van der Waals surface area contributed by atoms with Crippen LogP contribution in [-0.2, 0) is 50.0 Å². The van der Waals surface area contributed by atoms with Crippen molar-refractivity contribution >= 4 is 106 Å². The highest BCUT2D eigenvalue weighted by atomic mass is 32.2.